The summed E-state index contributed by atoms with van der Waals surface area (Å²) < 4.78 is 4.26. The average molecular weight is 470 g/mol. The molecule has 2 rings (SSSR count). The van der Waals surface area contributed by atoms with Gasteiger partial charge < -0.3 is 0 Å². The summed E-state index contributed by atoms with van der Waals surface area (Å²) in [5, 5.41) is 0. The van der Waals surface area contributed by atoms with Gasteiger partial charge in [0.15, 0.2) is 0 Å². The lowest BCUT2D eigenvalue weighted by molar-refractivity contribution is 1.51. The largest absolute Gasteiger partial charge is 0.0604 e. The second kappa shape index (κ2) is 5.34. The maximum Gasteiger partial charge on any atom is 0.0396 e. The van der Waals surface area contributed by atoms with Crippen LogP contribution in [0.15, 0.2) is 54.3 Å². The van der Waals surface area contributed by atoms with E-state index in [1.54, 1.807) is 0 Å². The van der Waals surface area contributed by atoms with E-state index in [9.17, 15) is 0 Å². The molecule has 0 saturated carbocycles. The standard InChI is InChI=1S/C12H6Br4/c13-7-4-5-10(14)9(6-7)8-2-1-3-11(15)12(8)16/h1-6H. The van der Waals surface area contributed by atoms with E-state index in [2.05, 4.69) is 75.9 Å². The molecule has 0 N–H and O–H groups in total. The lowest BCUT2D eigenvalue weighted by Gasteiger charge is -2.09. The van der Waals surface area contributed by atoms with E-state index < -0.39 is 0 Å². The zero-order chi connectivity index (χ0) is 11.7. The molecule has 2 aromatic rings. The van der Waals surface area contributed by atoms with E-state index in [4.69, 9.17) is 0 Å². The van der Waals surface area contributed by atoms with Crippen LogP contribution in [0.5, 0.6) is 0 Å². The normalized spacial score (nSPS) is 10.5. The van der Waals surface area contributed by atoms with Crippen molar-refractivity contribution >= 4 is 63.7 Å². The molecule has 0 aliphatic carbocycles. The van der Waals surface area contributed by atoms with E-state index >= 15 is 0 Å². The van der Waals surface area contributed by atoms with E-state index in [1.807, 2.05) is 24.3 Å². The third-order valence-electron chi connectivity index (χ3n) is 2.17. The molecule has 16 heavy (non-hydrogen) atoms. The van der Waals surface area contributed by atoms with Crippen molar-refractivity contribution in [2.24, 2.45) is 0 Å². The summed E-state index contributed by atoms with van der Waals surface area (Å²) in [6, 6.07) is 12.3. The van der Waals surface area contributed by atoms with Gasteiger partial charge in [-0.05, 0) is 67.3 Å². The van der Waals surface area contributed by atoms with Crippen molar-refractivity contribution < 1.29 is 0 Å². The Balaban J connectivity index is 2.67. The molecule has 0 heterocycles. The van der Waals surface area contributed by atoms with Gasteiger partial charge in [-0.2, -0.15) is 0 Å². The minimum atomic E-state index is 1.05. The molecular formula is C12H6Br4. The Hall–Kier alpha value is 0.360. The second-order valence-corrected chi connectivity index (χ2v) is 6.64. The quantitative estimate of drug-likeness (QED) is 0.453. The highest BCUT2D eigenvalue weighted by Gasteiger charge is 2.09. The fourth-order valence-electron chi connectivity index (χ4n) is 1.42. The molecule has 0 aliphatic rings. The molecule has 0 amide bonds. The highest BCUT2D eigenvalue weighted by molar-refractivity contribution is 9.13. The molecule has 2 aromatic carbocycles. The van der Waals surface area contributed by atoms with Crippen LogP contribution in [0, 0.1) is 0 Å². The van der Waals surface area contributed by atoms with Crippen LogP contribution in [0.3, 0.4) is 0 Å². The van der Waals surface area contributed by atoms with Gasteiger partial charge >= 0.3 is 0 Å². The molecule has 4 heteroatoms. The highest BCUT2D eigenvalue weighted by atomic mass is 79.9. The van der Waals surface area contributed by atoms with Gasteiger partial charge in [0.1, 0.15) is 0 Å². The molecule has 0 radical (unpaired) electrons. The van der Waals surface area contributed by atoms with Gasteiger partial charge in [0.25, 0.3) is 0 Å². The zero-order valence-corrected chi connectivity index (χ0v) is 14.3. The molecule has 0 aromatic heterocycles. The average Bonchev–Trinajstić information content (AvgIpc) is 2.26. The number of hydrogen-bond acceptors (Lipinski definition) is 0. The SMILES string of the molecule is Brc1ccc(Br)c(-c2cccc(Br)c2Br)c1. The van der Waals surface area contributed by atoms with Crippen molar-refractivity contribution in [1.29, 1.82) is 0 Å². The van der Waals surface area contributed by atoms with Crippen LogP contribution in [0.4, 0.5) is 0 Å². The zero-order valence-electron chi connectivity index (χ0n) is 7.98. The van der Waals surface area contributed by atoms with Crippen molar-refractivity contribution in [3.63, 3.8) is 0 Å². The van der Waals surface area contributed by atoms with Gasteiger partial charge in [0.05, 0.1) is 0 Å². The van der Waals surface area contributed by atoms with E-state index in [1.165, 1.54) is 0 Å². The molecule has 0 nitrogen and oxygen atoms in total. The van der Waals surface area contributed by atoms with Crippen LogP contribution < -0.4 is 0 Å². The Morgan fingerprint density at radius 2 is 1.44 bits per heavy atom. The first-order valence-electron chi connectivity index (χ1n) is 4.49. The summed E-state index contributed by atoms with van der Waals surface area (Å²) >= 11 is 14.2. The second-order valence-electron chi connectivity index (χ2n) is 3.23. The summed E-state index contributed by atoms with van der Waals surface area (Å²) in [6.45, 7) is 0. The summed E-state index contributed by atoms with van der Waals surface area (Å²) in [7, 11) is 0. The fraction of sp³-hybridized carbons (Fsp3) is 0. The topological polar surface area (TPSA) is 0 Å². The Kier molecular flexibility index (Phi) is 4.27. The molecule has 0 unspecified atom stereocenters. The molecule has 0 saturated heterocycles. The minimum Gasteiger partial charge on any atom is -0.0604 e. The lowest BCUT2D eigenvalue weighted by atomic mass is 10.1. The van der Waals surface area contributed by atoms with Crippen LogP contribution >= 0.6 is 63.7 Å². The van der Waals surface area contributed by atoms with E-state index in [-0.39, 0.29) is 0 Å². The highest BCUT2D eigenvalue weighted by Crippen LogP contribution is 2.38. The molecule has 0 atom stereocenters. The summed E-state index contributed by atoms with van der Waals surface area (Å²) in [4.78, 5) is 0. The molecular weight excluding hydrogens is 464 g/mol. The van der Waals surface area contributed by atoms with Gasteiger partial charge in [0.2, 0.25) is 0 Å². The monoisotopic (exact) mass is 466 g/mol. The van der Waals surface area contributed by atoms with Crippen molar-refractivity contribution in [3.8, 4) is 11.1 Å². The fourth-order valence-corrected chi connectivity index (χ4v) is 3.08. The summed E-state index contributed by atoms with van der Waals surface area (Å²) in [5.41, 5.74) is 2.31. The number of benzene rings is 2. The van der Waals surface area contributed by atoms with Crippen LogP contribution in [-0.2, 0) is 0 Å². The predicted octanol–water partition coefficient (Wildman–Crippen LogP) is 6.40. The first kappa shape index (κ1) is 12.8. The number of rotatable bonds is 1. The van der Waals surface area contributed by atoms with Gasteiger partial charge in [0, 0.05) is 17.9 Å². The lowest BCUT2D eigenvalue weighted by Crippen LogP contribution is -1.83. The number of hydrogen-bond donors (Lipinski definition) is 0. The van der Waals surface area contributed by atoms with E-state index in [0.717, 1.165) is 29.0 Å². The van der Waals surface area contributed by atoms with Crippen LogP contribution in [0.1, 0.15) is 0 Å². The van der Waals surface area contributed by atoms with Crippen LogP contribution in [-0.4, -0.2) is 0 Å². The maximum atomic E-state index is 3.59. The first-order chi connectivity index (χ1) is 7.59. The predicted molar refractivity (Wildman–Crippen MR) is 82.7 cm³/mol. The Bertz CT molecular complexity index is 535. The Labute approximate surface area is 128 Å². The minimum absolute atomic E-state index is 1.05. The van der Waals surface area contributed by atoms with E-state index in [0.29, 0.717) is 0 Å². The summed E-state index contributed by atoms with van der Waals surface area (Å²) in [6.07, 6.45) is 0. The molecule has 0 spiro atoms. The first-order valence-corrected chi connectivity index (χ1v) is 7.66. The molecule has 0 bridgehead atoms. The Morgan fingerprint density at radius 1 is 0.688 bits per heavy atom. The molecule has 0 aliphatic heterocycles. The molecule has 0 fully saturated rings. The van der Waals surface area contributed by atoms with Gasteiger partial charge in [-0.3, -0.25) is 0 Å². The van der Waals surface area contributed by atoms with Gasteiger partial charge in [-0.1, -0.05) is 44.0 Å². The molecule has 82 valence electrons. The smallest absolute Gasteiger partial charge is 0.0396 e. The van der Waals surface area contributed by atoms with Crippen molar-refractivity contribution in [1.82, 2.24) is 0 Å². The van der Waals surface area contributed by atoms with Crippen molar-refractivity contribution in [2.75, 3.05) is 0 Å². The number of halogens is 4. The van der Waals surface area contributed by atoms with Crippen molar-refractivity contribution in [2.45, 2.75) is 0 Å². The third-order valence-corrected chi connectivity index (χ3v) is 5.40. The van der Waals surface area contributed by atoms with Gasteiger partial charge in [-0.25, -0.2) is 0 Å². The summed E-state index contributed by atoms with van der Waals surface area (Å²) in [5.74, 6) is 0. The van der Waals surface area contributed by atoms with Crippen LogP contribution in [0.25, 0.3) is 11.1 Å². The van der Waals surface area contributed by atoms with Gasteiger partial charge in [-0.15, -0.1) is 0 Å². The van der Waals surface area contributed by atoms with Crippen LogP contribution in [0.2, 0.25) is 0 Å². The third kappa shape index (κ3) is 2.61. The maximum absolute atomic E-state index is 3.59. The van der Waals surface area contributed by atoms with Crippen molar-refractivity contribution in [3.05, 3.63) is 54.3 Å². The Morgan fingerprint density at radius 3 is 2.19 bits per heavy atom.